The topological polar surface area (TPSA) is 18.5 Å². The van der Waals surface area contributed by atoms with Crippen molar-refractivity contribution in [3.8, 4) is 11.5 Å². The quantitative estimate of drug-likeness (QED) is 0.741. The summed E-state index contributed by atoms with van der Waals surface area (Å²) in [6.07, 6.45) is 0. The van der Waals surface area contributed by atoms with Crippen molar-refractivity contribution in [2.45, 2.75) is 18.9 Å². The van der Waals surface area contributed by atoms with Crippen LogP contribution in [-0.4, -0.2) is 7.11 Å². The second kappa shape index (κ2) is 6.75. The van der Waals surface area contributed by atoms with Crippen molar-refractivity contribution in [3.05, 3.63) is 58.9 Å². The van der Waals surface area contributed by atoms with Crippen molar-refractivity contribution < 1.29 is 13.9 Å². The number of methoxy groups -OCH3 is 1. The fraction of sp³-hybridized carbons (Fsp3) is 0.250. The maximum absolute atomic E-state index is 13.1. The van der Waals surface area contributed by atoms with Gasteiger partial charge in [0.1, 0.15) is 12.4 Å². The van der Waals surface area contributed by atoms with E-state index in [0.29, 0.717) is 17.7 Å². The molecule has 2 nitrogen and oxygen atoms in total. The normalized spacial score (nSPS) is 10.4. The minimum Gasteiger partial charge on any atom is -0.493 e. The molecule has 0 bridgehead atoms. The molecule has 0 radical (unpaired) electrons. The largest absolute Gasteiger partial charge is 0.493 e. The Balaban J connectivity index is 2.22. The Hall–Kier alpha value is -1.55. The van der Waals surface area contributed by atoms with Gasteiger partial charge in [-0.05, 0) is 36.2 Å². The van der Waals surface area contributed by atoms with E-state index in [9.17, 15) is 4.39 Å². The Morgan fingerprint density at radius 2 is 1.95 bits per heavy atom. The van der Waals surface area contributed by atoms with Crippen molar-refractivity contribution in [3.63, 3.8) is 0 Å². The molecule has 0 atom stereocenters. The summed E-state index contributed by atoms with van der Waals surface area (Å²) in [4.78, 5) is 0. The van der Waals surface area contributed by atoms with E-state index in [0.717, 1.165) is 22.4 Å². The van der Waals surface area contributed by atoms with Gasteiger partial charge in [0.25, 0.3) is 0 Å². The average Bonchev–Trinajstić information content (AvgIpc) is 2.46. The monoisotopic (exact) mass is 338 g/mol. The summed E-state index contributed by atoms with van der Waals surface area (Å²) in [5.41, 5.74) is 2.85. The van der Waals surface area contributed by atoms with Crippen LogP contribution in [0.5, 0.6) is 11.5 Å². The highest BCUT2D eigenvalue weighted by Crippen LogP contribution is 2.33. The van der Waals surface area contributed by atoms with Gasteiger partial charge in [-0.3, -0.25) is 0 Å². The van der Waals surface area contributed by atoms with Crippen molar-refractivity contribution in [2.75, 3.05) is 7.11 Å². The number of ether oxygens (including phenoxy) is 2. The molecular formula is C16H16BrFO2. The highest BCUT2D eigenvalue weighted by Gasteiger charge is 2.10. The fourth-order valence-corrected chi connectivity index (χ4v) is 2.40. The van der Waals surface area contributed by atoms with E-state index in [1.54, 1.807) is 13.2 Å². The summed E-state index contributed by atoms with van der Waals surface area (Å²) < 4.78 is 24.3. The molecule has 106 valence electrons. The van der Waals surface area contributed by atoms with Gasteiger partial charge in [0.2, 0.25) is 0 Å². The Morgan fingerprint density at radius 1 is 1.15 bits per heavy atom. The third kappa shape index (κ3) is 3.31. The van der Waals surface area contributed by atoms with Gasteiger partial charge in [-0.2, -0.15) is 0 Å². The first-order chi connectivity index (χ1) is 9.65. The van der Waals surface area contributed by atoms with Gasteiger partial charge in [-0.25, -0.2) is 4.39 Å². The van der Waals surface area contributed by atoms with E-state index in [1.807, 2.05) is 25.1 Å². The fourth-order valence-electron chi connectivity index (χ4n) is 1.96. The lowest BCUT2D eigenvalue weighted by atomic mass is 10.1. The van der Waals surface area contributed by atoms with Crippen LogP contribution in [0.2, 0.25) is 0 Å². The summed E-state index contributed by atoms with van der Waals surface area (Å²) in [6, 6.07) is 10.5. The van der Waals surface area contributed by atoms with Crippen LogP contribution in [0.3, 0.4) is 0 Å². The number of halogens is 2. The Labute approximate surface area is 126 Å². The molecule has 0 amide bonds. The smallest absolute Gasteiger partial charge is 0.165 e. The summed E-state index contributed by atoms with van der Waals surface area (Å²) in [5, 5.41) is 0.682. The molecular weight excluding hydrogens is 323 g/mol. The summed E-state index contributed by atoms with van der Waals surface area (Å²) in [5.74, 6) is 1.18. The zero-order valence-corrected chi connectivity index (χ0v) is 13.0. The first-order valence-electron chi connectivity index (χ1n) is 6.25. The summed E-state index contributed by atoms with van der Waals surface area (Å²) >= 11 is 3.44. The molecule has 0 N–H and O–H groups in total. The van der Waals surface area contributed by atoms with Crippen LogP contribution < -0.4 is 9.47 Å². The standard InChI is InChI=1S/C16H16BrFO2/c1-11-8-14(18)7-6-13(11)10-20-16-12(9-17)4-3-5-15(16)19-2/h3-8H,9-10H2,1-2H3. The number of aryl methyl sites for hydroxylation is 1. The summed E-state index contributed by atoms with van der Waals surface area (Å²) in [7, 11) is 1.61. The van der Waals surface area contributed by atoms with Gasteiger partial charge in [0.05, 0.1) is 7.11 Å². The van der Waals surface area contributed by atoms with Gasteiger partial charge in [-0.15, -0.1) is 0 Å². The molecule has 0 saturated heterocycles. The first-order valence-corrected chi connectivity index (χ1v) is 7.37. The van der Waals surface area contributed by atoms with Crippen molar-refractivity contribution in [1.29, 1.82) is 0 Å². The molecule has 0 aliphatic carbocycles. The molecule has 2 aromatic carbocycles. The zero-order chi connectivity index (χ0) is 14.5. The molecule has 0 aliphatic heterocycles. The number of alkyl halides is 1. The maximum Gasteiger partial charge on any atom is 0.165 e. The maximum atomic E-state index is 13.1. The molecule has 0 spiro atoms. The van der Waals surface area contributed by atoms with E-state index >= 15 is 0 Å². The van der Waals surface area contributed by atoms with Gasteiger partial charge >= 0.3 is 0 Å². The van der Waals surface area contributed by atoms with E-state index < -0.39 is 0 Å². The van der Waals surface area contributed by atoms with Gasteiger partial charge in [0.15, 0.2) is 11.5 Å². The Kier molecular flexibility index (Phi) is 5.01. The van der Waals surface area contributed by atoms with E-state index in [4.69, 9.17) is 9.47 Å². The van der Waals surface area contributed by atoms with Crippen LogP contribution in [0, 0.1) is 12.7 Å². The van der Waals surface area contributed by atoms with Gasteiger partial charge in [0, 0.05) is 10.9 Å². The molecule has 0 aliphatic rings. The Morgan fingerprint density at radius 3 is 2.60 bits per heavy atom. The van der Waals surface area contributed by atoms with Crippen molar-refractivity contribution in [1.82, 2.24) is 0 Å². The van der Waals surface area contributed by atoms with E-state index in [1.165, 1.54) is 12.1 Å². The first kappa shape index (κ1) is 14.9. The molecule has 0 unspecified atom stereocenters. The van der Waals surface area contributed by atoms with E-state index in [-0.39, 0.29) is 5.82 Å². The molecule has 0 heterocycles. The minimum atomic E-state index is -0.232. The third-order valence-electron chi connectivity index (χ3n) is 3.10. The van der Waals surface area contributed by atoms with Crippen molar-refractivity contribution >= 4 is 15.9 Å². The molecule has 0 aromatic heterocycles. The van der Waals surface area contributed by atoms with Crippen LogP contribution in [0.4, 0.5) is 4.39 Å². The Bertz CT molecular complexity index is 577. The van der Waals surface area contributed by atoms with Crippen LogP contribution >= 0.6 is 15.9 Å². The lowest BCUT2D eigenvalue weighted by molar-refractivity contribution is 0.281. The number of rotatable bonds is 5. The molecule has 20 heavy (non-hydrogen) atoms. The van der Waals surface area contributed by atoms with Crippen molar-refractivity contribution in [2.24, 2.45) is 0 Å². The van der Waals surface area contributed by atoms with Gasteiger partial charge < -0.3 is 9.47 Å². The number of benzene rings is 2. The van der Waals surface area contributed by atoms with E-state index in [2.05, 4.69) is 15.9 Å². The second-order valence-electron chi connectivity index (χ2n) is 4.44. The van der Waals surface area contributed by atoms with Gasteiger partial charge in [-0.1, -0.05) is 34.1 Å². The third-order valence-corrected chi connectivity index (χ3v) is 3.71. The molecule has 0 saturated carbocycles. The molecule has 2 rings (SSSR count). The summed E-state index contributed by atoms with van der Waals surface area (Å²) in [6.45, 7) is 2.25. The minimum absolute atomic E-state index is 0.232. The lowest BCUT2D eigenvalue weighted by Gasteiger charge is -2.15. The van der Waals surface area contributed by atoms with Crippen LogP contribution in [0.1, 0.15) is 16.7 Å². The molecule has 0 fully saturated rings. The molecule has 4 heteroatoms. The lowest BCUT2D eigenvalue weighted by Crippen LogP contribution is -2.02. The number of hydrogen-bond donors (Lipinski definition) is 0. The van der Waals surface area contributed by atoms with Crippen LogP contribution in [0.25, 0.3) is 0 Å². The number of hydrogen-bond acceptors (Lipinski definition) is 2. The van der Waals surface area contributed by atoms with Crippen LogP contribution in [0.15, 0.2) is 36.4 Å². The SMILES string of the molecule is COc1cccc(CBr)c1OCc1ccc(F)cc1C. The second-order valence-corrected chi connectivity index (χ2v) is 5.00. The highest BCUT2D eigenvalue weighted by molar-refractivity contribution is 9.08. The zero-order valence-electron chi connectivity index (χ0n) is 11.5. The predicted molar refractivity (Wildman–Crippen MR) is 81.1 cm³/mol. The number of para-hydroxylation sites is 1. The molecule has 2 aromatic rings. The highest BCUT2D eigenvalue weighted by atomic mass is 79.9. The predicted octanol–water partition coefficient (Wildman–Crippen LogP) is 4.62. The average molecular weight is 339 g/mol. The van der Waals surface area contributed by atoms with Crippen LogP contribution in [-0.2, 0) is 11.9 Å².